The van der Waals surface area contributed by atoms with Gasteiger partial charge in [-0.15, -0.1) is 0 Å². The standard InChI is InChI=1S/C12H13BrCl3NO2/c1-2-19-9(18)6-17-12-8(14)5-7(3-4-13)10(15)11(12)16/h5,17H,2-4,6H2,1H3. The molecule has 0 spiro atoms. The lowest BCUT2D eigenvalue weighted by Crippen LogP contribution is -2.17. The van der Waals surface area contributed by atoms with E-state index in [1.165, 1.54) is 0 Å². The number of aryl methyl sites for hydroxylation is 1. The fourth-order valence-electron chi connectivity index (χ4n) is 1.46. The molecular formula is C12H13BrCl3NO2. The van der Waals surface area contributed by atoms with Gasteiger partial charge in [-0.2, -0.15) is 0 Å². The summed E-state index contributed by atoms with van der Waals surface area (Å²) in [6, 6.07) is 1.74. The number of esters is 1. The van der Waals surface area contributed by atoms with Crippen LogP contribution in [0.1, 0.15) is 12.5 Å². The molecule has 0 bridgehead atoms. The number of anilines is 1. The number of carbonyl (C=O) groups excluding carboxylic acids is 1. The van der Waals surface area contributed by atoms with Gasteiger partial charge in [0.2, 0.25) is 0 Å². The smallest absolute Gasteiger partial charge is 0.325 e. The Balaban J connectivity index is 2.90. The highest BCUT2D eigenvalue weighted by atomic mass is 79.9. The van der Waals surface area contributed by atoms with Gasteiger partial charge in [-0.25, -0.2) is 0 Å². The average molecular weight is 390 g/mol. The Labute approximate surface area is 135 Å². The van der Waals surface area contributed by atoms with E-state index in [2.05, 4.69) is 21.2 Å². The van der Waals surface area contributed by atoms with E-state index in [1.807, 2.05) is 0 Å². The molecule has 0 atom stereocenters. The zero-order valence-electron chi connectivity index (χ0n) is 10.2. The van der Waals surface area contributed by atoms with Gasteiger partial charge in [0.25, 0.3) is 0 Å². The van der Waals surface area contributed by atoms with Crippen molar-refractivity contribution in [3.05, 3.63) is 26.7 Å². The molecule has 0 fully saturated rings. The van der Waals surface area contributed by atoms with Crippen LogP contribution in [-0.4, -0.2) is 24.5 Å². The van der Waals surface area contributed by atoms with Crippen LogP contribution in [0.3, 0.4) is 0 Å². The zero-order valence-corrected chi connectivity index (χ0v) is 14.1. The van der Waals surface area contributed by atoms with E-state index in [1.54, 1.807) is 13.0 Å². The molecule has 19 heavy (non-hydrogen) atoms. The van der Waals surface area contributed by atoms with Crippen molar-refractivity contribution in [3.8, 4) is 0 Å². The SMILES string of the molecule is CCOC(=O)CNc1c(Cl)cc(CCBr)c(Cl)c1Cl. The molecule has 3 nitrogen and oxygen atoms in total. The van der Waals surface area contributed by atoms with Crippen molar-refractivity contribution in [2.24, 2.45) is 0 Å². The van der Waals surface area contributed by atoms with Gasteiger partial charge in [-0.3, -0.25) is 4.79 Å². The summed E-state index contributed by atoms with van der Waals surface area (Å²) >= 11 is 21.8. The molecule has 0 unspecified atom stereocenters. The molecule has 7 heteroatoms. The number of hydrogen-bond acceptors (Lipinski definition) is 3. The van der Waals surface area contributed by atoms with Crippen molar-refractivity contribution in [2.45, 2.75) is 13.3 Å². The van der Waals surface area contributed by atoms with E-state index in [9.17, 15) is 4.79 Å². The minimum Gasteiger partial charge on any atom is -0.465 e. The van der Waals surface area contributed by atoms with Crippen molar-refractivity contribution in [1.82, 2.24) is 0 Å². The maximum Gasteiger partial charge on any atom is 0.325 e. The molecule has 106 valence electrons. The summed E-state index contributed by atoms with van der Waals surface area (Å²) in [4.78, 5) is 11.3. The Morgan fingerprint density at radius 2 is 2.05 bits per heavy atom. The van der Waals surface area contributed by atoms with E-state index in [0.717, 1.165) is 17.3 Å². The second-order valence-corrected chi connectivity index (χ2v) is 5.57. The van der Waals surface area contributed by atoms with Gasteiger partial charge in [-0.1, -0.05) is 50.7 Å². The minimum atomic E-state index is -0.379. The molecular weight excluding hydrogens is 376 g/mol. The van der Waals surface area contributed by atoms with Crippen LogP contribution in [0.15, 0.2) is 6.07 Å². The normalized spacial score (nSPS) is 10.4. The fraction of sp³-hybridized carbons (Fsp3) is 0.417. The second kappa shape index (κ2) is 8.20. The van der Waals surface area contributed by atoms with Crippen molar-refractivity contribution in [1.29, 1.82) is 0 Å². The summed E-state index contributed by atoms with van der Waals surface area (Å²) in [6.45, 7) is 2.05. The van der Waals surface area contributed by atoms with Crippen LogP contribution in [0, 0.1) is 0 Å². The van der Waals surface area contributed by atoms with Crippen LogP contribution in [0.5, 0.6) is 0 Å². The lowest BCUT2D eigenvalue weighted by molar-refractivity contribution is -0.140. The minimum absolute atomic E-state index is 0.0125. The van der Waals surface area contributed by atoms with Crippen LogP contribution < -0.4 is 5.32 Å². The molecule has 1 rings (SSSR count). The molecule has 1 aromatic rings. The number of halogens is 4. The van der Waals surface area contributed by atoms with Crippen molar-refractivity contribution in [3.63, 3.8) is 0 Å². The molecule has 1 aromatic carbocycles. The van der Waals surface area contributed by atoms with Crippen LogP contribution >= 0.6 is 50.7 Å². The van der Waals surface area contributed by atoms with Gasteiger partial charge in [0.1, 0.15) is 6.54 Å². The highest BCUT2D eigenvalue weighted by Gasteiger charge is 2.15. The summed E-state index contributed by atoms with van der Waals surface area (Å²) in [7, 11) is 0. The lowest BCUT2D eigenvalue weighted by atomic mass is 10.1. The molecule has 0 heterocycles. The Morgan fingerprint density at radius 3 is 2.63 bits per heavy atom. The molecule has 0 aliphatic heterocycles. The highest BCUT2D eigenvalue weighted by molar-refractivity contribution is 9.09. The number of ether oxygens (including phenoxy) is 1. The maximum atomic E-state index is 11.3. The van der Waals surface area contributed by atoms with Gasteiger partial charge < -0.3 is 10.1 Å². The first-order chi connectivity index (χ1) is 9.01. The Morgan fingerprint density at radius 1 is 1.37 bits per heavy atom. The van der Waals surface area contributed by atoms with Gasteiger partial charge >= 0.3 is 5.97 Å². The van der Waals surface area contributed by atoms with E-state index in [-0.39, 0.29) is 12.5 Å². The fourth-order valence-corrected chi connectivity index (χ4v) is 2.76. The second-order valence-electron chi connectivity index (χ2n) is 3.62. The molecule has 0 amide bonds. The quantitative estimate of drug-likeness (QED) is 0.440. The molecule has 0 saturated heterocycles. The van der Waals surface area contributed by atoms with Crippen molar-refractivity contribution < 1.29 is 9.53 Å². The topological polar surface area (TPSA) is 38.3 Å². The Bertz CT molecular complexity index is 469. The lowest BCUT2D eigenvalue weighted by Gasteiger charge is -2.14. The van der Waals surface area contributed by atoms with Gasteiger partial charge in [0, 0.05) is 5.33 Å². The molecule has 0 aliphatic carbocycles. The number of alkyl halides is 1. The molecule has 1 N–H and O–H groups in total. The summed E-state index contributed by atoms with van der Waals surface area (Å²) in [5.74, 6) is -0.379. The number of carbonyl (C=O) groups is 1. The first kappa shape index (κ1) is 16.9. The third-order valence-electron chi connectivity index (χ3n) is 2.31. The Kier molecular flexibility index (Phi) is 7.29. The largest absolute Gasteiger partial charge is 0.465 e. The monoisotopic (exact) mass is 387 g/mol. The summed E-state index contributed by atoms with van der Waals surface area (Å²) in [5.41, 5.74) is 1.30. The molecule has 0 saturated carbocycles. The summed E-state index contributed by atoms with van der Waals surface area (Å²) < 4.78 is 4.81. The first-order valence-corrected chi connectivity index (χ1v) is 7.88. The predicted molar refractivity (Wildman–Crippen MR) is 84.1 cm³/mol. The molecule has 0 radical (unpaired) electrons. The Hall–Kier alpha value is -0.160. The van der Waals surface area contributed by atoms with E-state index < -0.39 is 0 Å². The highest BCUT2D eigenvalue weighted by Crippen LogP contribution is 2.39. The van der Waals surface area contributed by atoms with Crippen LogP contribution in [-0.2, 0) is 16.0 Å². The third kappa shape index (κ3) is 4.71. The summed E-state index contributed by atoms with van der Waals surface area (Å²) in [5, 5.41) is 4.78. The van der Waals surface area contributed by atoms with Gasteiger partial charge in [-0.05, 0) is 25.0 Å². The van der Waals surface area contributed by atoms with Crippen LogP contribution in [0.4, 0.5) is 5.69 Å². The van der Waals surface area contributed by atoms with Crippen molar-refractivity contribution in [2.75, 3.05) is 23.8 Å². The number of hydrogen-bond donors (Lipinski definition) is 1. The van der Waals surface area contributed by atoms with E-state index in [4.69, 9.17) is 39.5 Å². The van der Waals surface area contributed by atoms with Gasteiger partial charge in [0.15, 0.2) is 0 Å². The van der Waals surface area contributed by atoms with E-state index >= 15 is 0 Å². The maximum absolute atomic E-state index is 11.3. The van der Waals surface area contributed by atoms with Crippen LogP contribution in [0.25, 0.3) is 0 Å². The predicted octanol–water partition coefficient (Wildman–Crippen LogP) is 4.56. The van der Waals surface area contributed by atoms with Crippen LogP contribution in [0.2, 0.25) is 15.1 Å². The zero-order chi connectivity index (χ0) is 14.4. The first-order valence-electron chi connectivity index (χ1n) is 5.63. The third-order valence-corrected chi connectivity index (χ3v) is 3.91. The average Bonchev–Trinajstić information content (AvgIpc) is 2.36. The summed E-state index contributed by atoms with van der Waals surface area (Å²) in [6.07, 6.45) is 0.719. The number of benzene rings is 1. The molecule has 0 aliphatic rings. The number of rotatable bonds is 6. The van der Waals surface area contributed by atoms with E-state index in [0.29, 0.717) is 27.4 Å². The van der Waals surface area contributed by atoms with Crippen molar-refractivity contribution >= 4 is 62.4 Å². The molecule has 0 aromatic heterocycles. The number of nitrogens with one attached hydrogen (secondary N) is 1. The van der Waals surface area contributed by atoms with Gasteiger partial charge in [0.05, 0.1) is 27.4 Å².